The third kappa shape index (κ3) is 2.68. The highest BCUT2D eigenvalue weighted by atomic mass is 35.6. The normalized spacial score (nSPS) is 19.4. The summed E-state index contributed by atoms with van der Waals surface area (Å²) >= 11 is 16.9. The zero-order valence-electron chi connectivity index (χ0n) is 6.69. The lowest BCUT2D eigenvalue weighted by Crippen LogP contribution is -2.40. The molecule has 12 heavy (non-hydrogen) atoms. The molecule has 0 aromatic heterocycles. The van der Waals surface area contributed by atoms with E-state index in [9.17, 15) is 0 Å². The van der Waals surface area contributed by atoms with Gasteiger partial charge in [-0.3, -0.25) is 10.3 Å². The SMILES string of the molecule is NC(=[N+]1CCCCC1)C(Cl)(Cl)Cl. The number of rotatable bonds is 0. The number of hydrogen-bond donors (Lipinski definition) is 1. The predicted octanol–water partition coefficient (Wildman–Crippen LogP) is 1.91. The van der Waals surface area contributed by atoms with E-state index < -0.39 is 3.79 Å². The van der Waals surface area contributed by atoms with Crippen LogP contribution in [0.4, 0.5) is 0 Å². The Kier molecular flexibility index (Phi) is 3.50. The Bertz CT molecular complexity index is 187. The van der Waals surface area contributed by atoms with Gasteiger partial charge in [0.25, 0.3) is 9.63 Å². The number of nitrogens with two attached hydrogens (primary N) is 1. The highest BCUT2D eigenvalue weighted by Crippen LogP contribution is 2.26. The zero-order valence-corrected chi connectivity index (χ0v) is 8.96. The molecule has 1 heterocycles. The number of amidine groups is 1. The van der Waals surface area contributed by atoms with Gasteiger partial charge in [0, 0.05) is 0 Å². The molecule has 0 aliphatic carbocycles. The number of piperidine rings is 1. The molecular weight excluding hydrogens is 218 g/mol. The average Bonchev–Trinajstić information content (AvgIpc) is 2.03. The van der Waals surface area contributed by atoms with Gasteiger partial charge >= 0.3 is 0 Å². The summed E-state index contributed by atoms with van der Waals surface area (Å²) in [6.07, 6.45) is 3.49. The summed E-state index contributed by atoms with van der Waals surface area (Å²) in [5.74, 6) is 0.354. The summed E-state index contributed by atoms with van der Waals surface area (Å²) in [6.45, 7) is 1.81. The van der Waals surface area contributed by atoms with Crippen molar-refractivity contribution in [3.05, 3.63) is 0 Å². The maximum absolute atomic E-state index is 5.67. The second-order valence-corrected chi connectivity index (χ2v) is 5.21. The summed E-state index contributed by atoms with van der Waals surface area (Å²) in [4.78, 5) is 0. The van der Waals surface area contributed by atoms with Crippen LogP contribution in [0.2, 0.25) is 0 Å². The van der Waals surface area contributed by atoms with Gasteiger partial charge in [0.1, 0.15) is 0 Å². The highest BCUT2D eigenvalue weighted by molar-refractivity contribution is 6.76. The first kappa shape index (κ1) is 10.4. The van der Waals surface area contributed by atoms with Gasteiger partial charge in [-0.2, -0.15) is 0 Å². The van der Waals surface area contributed by atoms with Crippen LogP contribution in [-0.4, -0.2) is 27.3 Å². The molecule has 0 atom stereocenters. The van der Waals surface area contributed by atoms with Crippen LogP contribution in [0.1, 0.15) is 19.3 Å². The molecule has 1 aliphatic heterocycles. The molecule has 0 aromatic rings. The lowest BCUT2D eigenvalue weighted by atomic mass is 10.1. The molecule has 0 aromatic carbocycles. The van der Waals surface area contributed by atoms with Gasteiger partial charge in [0.15, 0.2) is 0 Å². The van der Waals surface area contributed by atoms with Crippen LogP contribution >= 0.6 is 34.8 Å². The molecular formula is C7H12Cl3N2+. The number of alkyl halides is 3. The highest BCUT2D eigenvalue weighted by Gasteiger charge is 2.33. The molecule has 5 heteroatoms. The molecule has 2 nitrogen and oxygen atoms in total. The Morgan fingerprint density at radius 3 is 2.00 bits per heavy atom. The van der Waals surface area contributed by atoms with Crippen molar-refractivity contribution in [1.82, 2.24) is 0 Å². The fourth-order valence-electron chi connectivity index (χ4n) is 1.31. The molecule has 2 N–H and O–H groups in total. The van der Waals surface area contributed by atoms with Crippen molar-refractivity contribution in [1.29, 1.82) is 0 Å². The number of nitrogens with zero attached hydrogens (tertiary/aromatic N) is 1. The summed E-state index contributed by atoms with van der Waals surface area (Å²) < 4.78 is 0.494. The molecule has 1 aliphatic rings. The van der Waals surface area contributed by atoms with Crippen molar-refractivity contribution in [3.63, 3.8) is 0 Å². The smallest absolute Gasteiger partial charge is 0.287 e. The van der Waals surface area contributed by atoms with E-state index in [1.165, 1.54) is 6.42 Å². The zero-order chi connectivity index (χ0) is 9.19. The predicted molar refractivity (Wildman–Crippen MR) is 53.3 cm³/mol. The van der Waals surface area contributed by atoms with E-state index in [1.807, 2.05) is 4.58 Å². The van der Waals surface area contributed by atoms with Crippen LogP contribution in [-0.2, 0) is 0 Å². The van der Waals surface area contributed by atoms with Gasteiger partial charge in [-0.05, 0) is 19.3 Å². The first-order valence-electron chi connectivity index (χ1n) is 3.96. The summed E-state index contributed by atoms with van der Waals surface area (Å²) in [7, 11) is 0. The Morgan fingerprint density at radius 2 is 1.58 bits per heavy atom. The molecule has 1 fully saturated rings. The van der Waals surface area contributed by atoms with Gasteiger partial charge in [-0.15, -0.1) is 0 Å². The second-order valence-electron chi connectivity index (χ2n) is 2.93. The fraction of sp³-hybridized carbons (Fsp3) is 0.857. The first-order chi connectivity index (χ1) is 5.52. The van der Waals surface area contributed by atoms with E-state index in [4.69, 9.17) is 40.5 Å². The molecule has 0 saturated carbocycles. The second kappa shape index (κ2) is 4.03. The maximum atomic E-state index is 5.67. The minimum absolute atomic E-state index is 0.354. The van der Waals surface area contributed by atoms with Crippen molar-refractivity contribution in [2.75, 3.05) is 13.1 Å². The van der Waals surface area contributed by atoms with Crippen molar-refractivity contribution >= 4 is 40.6 Å². The molecule has 0 radical (unpaired) electrons. The quantitative estimate of drug-likeness (QED) is 0.384. The van der Waals surface area contributed by atoms with Gasteiger partial charge in [0.05, 0.1) is 13.1 Å². The van der Waals surface area contributed by atoms with Gasteiger partial charge in [0.2, 0.25) is 0 Å². The van der Waals surface area contributed by atoms with Crippen molar-refractivity contribution < 1.29 is 4.58 Å². The van der Waals surface area contributed by atoms with Crippen LogP contribution < -0.4 is 5.73 Å². The monoisotopic (exact) mass is 229 g/mol. The molecule has 0 amide bonds. The Hall–Kier alpha value is 0.340. The average molecular weight is 231 g/mol. The third-order valence-corrected chi connectivity index (χ3v) is 2.57. The summed E-state index contributed by atoms with van der Waals surface area (Å²) in [5.41, 5.74) is 5.67. The van der Waals surface area contributed by atoms with Crippen LogP contribution in [0.3, 0.4) is 0 Å². The number of hydrogen-bond acceptors (Lipinski definition) is 0. The lowest BCUT2D eigenvalue weighted by Gasteiger charge is -2.17. The topological polar surface area (TPSA) is 29.0 Å². The Balaban J connectivity index is 2.74. The molecule has 70 valence electrons. The summed E-state index contributed by atoms with van der Waals surface area (Å²) in [6, 6.07) is 0. The molecule has 0 spiro atoms. The van der Waals surface area contributed by atoms with Crippen LogP contribution in [0, 0.1) is 0 Å². The van der Waals surface area contributed by atoms with E-state index in [0.717, 1.165) is 25.9 Å². The summed E-state index contributed by atoms with van der Waals surface area (Å²) in [5, 5.41) is 0. The van der Waals surface area contributed by atoms with Crippen LogP contribution in [0.25, 0.3) is 0 Å². The first-order valence-corrected chi connectivity index (χ1v) is 5.10. The van der Waals surface area contributed by atoms with Crippen molar-refractivity contribution in [3.8, 4) is 0 Å². The van der Waals surface area contributed by atoms with E-state index in [2.05, 4.69) is 0 Å². The lowest BCUT2D eigenvalue weighted by molar-refractivity contribution is -0.539. The van der Waals surface area contributed by atoms with E-state index in [0.29, 0.717) is 5.84 Å². The van der Waals surface area contributed by atoms with Gasteiger partial charge in [-0.1, -0.05) is 34.8 Å². The van der Waals surface area contributed by atoms with E-state index in [1.54, 1.807) is 0 Å². The molecule has 0 bridgehead atoms. The number of halogens is 3. The third-order valence-electron chi connectivity index (χ3n) is 1.99. The molecule has 1 saturated heterocycles. The van der Waals surface area contributed by atoms with Gasteiger partial charge < -0.3 is 0 Å². The van der Waals surface area contributed by atoms with Crippen molar-refractivity contribution in [2.24, 2.45) is 5.73 Å². The maximum Gasteiger partial charge on any atom is 0.295 e. The molecule has 1 rings (SSSR count). The van der Waals surface area contributed by atoms with E-state index in [-0.39, 0.29) is 0 Å². The van der Waals surface area contributed by atoms with Crippen molar-refractivity contribution in [2.45, 2.75) is 23.1 Å². The standard InChI is InChI=1S/C7H11Cl3N2/c8-7(9,10)6(11)12-4-2-1-3-5-12/h11H,1-5H2/p+1. The van der Waals surface area contributed by atoms with Crippen LogP contribution in [0.5, 0.6) is 0 Å². The minimum Gasteiger partial charge on any atom is -0.287 e. The van der Waals surface area contributed by atoms with E-state index >= 15 is 0 Å². The Labute approximate surface area is 87.3 Å². The minimum atomic E-state index is -1.45. The Morgan fingerprint density at radius 1 is 1.08 bits per heavy atom. The van der Waals surface area contributed by atoms with Gasteiger partial charge in [-0.25, -0.2) is 0 Å². The largest absolute Gasteiger partial charge is 0.295 e. The fourth-order valence-corrected chi connectivity index (χ4v) is 1.67. The molecule has 0 unspecified atom stereocenters. The van der Waals surface area contributed by atoms with Crippen LogP contribution in [0.15, 0.2) is 0 Å².